The molecule has 0 aromatic carbocycles. The van der Waals surface area contributed by atoms with Crippen molar-refractivity contribution >= 4 is 31.5 Å². The average molecular weight is 307 g/mol. The fraction of sp³-hybridized carbons (Fsp3) is 0.500. The molecule has 6 heteroatoms. The molecule has 0 saturated carbocycles. The summed E-state index contributed by atoms with van der Waals surface area (Å²) < 4.78 is 22.9. The topological polar surface area (TPSA) is 59.1 Å². The maximum atomic E-state index is 11.0. The highest BCUT2D eigenvalue weighted by Crippen LogP contribution is 2.15. The minimum atomic E-state index is -2.88. The minimum absolute atomic E-state index is 0.103. The summed E-state index contributed by atoms with van der Waals surface area (Å²) in [6.45, 7) is 1.95. The Hall–Kier alpha value is -0.620. The number of sulfone groups is 1. The Morgan fingerprint density at radius 1 is 1.50 bits per heavy atom. The molecule has 1 atom stereocenters. The standard InChI is InChI=1S/C10H15BrN2O2S/c1-8(3-4-16(2,14)15)13-10-5-9(11)6-12-7-10/h5-8,13H,3-4H2,1-2H3. The van der Waals surface area contributed by atoms with Crippen LogP contribution in [0.5, 0.6) is 0 Å². The SMILES string of the molecule is CC(CCS(C)(=O)=O)Nc1cncc(Br)c1. The minimum Gasteiger partial charge on any atom is -0.381 e. The van der Waals surface area contributed by atoms with E-state index in [1.807, 2.05) is 13.0 Å². The van der Waals surface area contributed by atoms with Crippen LogP contribution in [0.4, 0.5) is 5.69 Å². The van der Waals surface area contributed by atoms with Gasteiger partial charge in [-0.25, -0.2) is 8.42 Å². The molecule has 1 heterocycles. The van der Waals surface area contributed by atoms with E-state index < -0.39 is 9.84 Å². The summed E-state index contributed by atoms with van der Waals surface area (Å²) in [4.78, 5) is 4.02. The summed E-state index contributed by atoms with van der Waals surface area (Å²) >= 11 is 3.32. The van der Waals surface area contributed by atoms with Crippen LogP contribution in [0.15, 0.2) is 22.9 Å². The number of hydrogen-bond acceptors (Lipinski definition) is 4. The molecule has 1 aromatic rings. The lowest BCUT2D eigenvalue weighted by molar-refractivity contribution is 0.595. The Morgan fingerprint density at radius 2 is 2.19 bits per heavy atom. The van der Waals surface area contributed by atoms with Crippen molar-refractivity contribution in [2.45, 2.75) is 19.4 Å². The maximum Gasteiger partial charge on any atom is 0.147 e. The van der Waals surface area contributed by atoms with Crippen molar-refractivity contribution in [3.8, 4) is 0 Å². The summed E-state index contributed by atoms with van der Waals surface area (Å²) in [5.41, 5.74) is 0.885. The molecule has 0 bridgehead atoms. The lowest BCUT2D eigenvalue weighted by Crippen LogP contribution is -2.19. The van der Waals surface area contributed by atoms with Gasteiger partial charge >= 0.3 is 0 Å². The van der Waals surface area contributed by atoms with E-state index in [0.717, 1.165) is 10.2 Å². The molecule has 0 aliphatic rings. The Balaban J connectivity index is 2.49. The van der Waals surface area contributed by atoms with Crippen molar-refractivity contribution in [2.24, 2.45) is 0 Å². The molecule has 0 amide bonds. The van der Waals surface area contributed by atoms with Crippen molar-refractivity contribution < 1.29 is 8.42 Å². The molecule has 1 rings (SSSR count). The van der Waals surface area contributed by atoms with E-state index >= 15 is 0 Å². The first-order valence-corrected chi connectivity index (χ1v) is 7.77. The molecule has 1 N–H and O–H groups in total. The smallest absolute Gasteiger partial charge is 0.147 e. The molecule has 1 aromatic heterocycles. The molecule has 0 radical (unpaired) electrons. The number of nitrogens with zero attached hydrogens (tertiary/aromatic N) is 1. The monoisotopic (exact) mass is 306 g/mol. The summed E-state index contributed by atoms with van der Waals surface area (Å²) in [7, 11) is -2.88. The molecule has 0 aliphatic heterocycles. The van der Waals surface area contributed by atoms with Gasteiger partial charge in [0.1, 0.15) is 9.84 Å². The highest BCUT2D eigenvalue weighted by atomic mass is 79.9. The first-order valence-electron chi connectivity index (χ1n) is 4.91. The summed E-state index contributed by atoms with van der Waals surface area (Å²) in [5, 5.41) is 3.20. The zero-order valence-corrected chi connectivity index (χ0v) is 11.7. The summed E-state index contributed by atoms with van der Waals surface area (Å²) in [6, 6.07) is 2.01. The zero-order valence-electron chi connectivity index (χ0n) is 9.27. The second-order valence-electron chi connectivity index (χ2n) is 3.86. The number of nitrogens with one attached hydrogen (secondary N) is 1. The van der Waals surface area contributed by atoms with Gasteiger partial charge in [-0.3, -0.25) is 4.98 Å². The van der Waals surface area contributed by atoms with E-state index in [-0.39, 0.29) is 11.8 Å². The molecule has 0 aliphatic carbocycles. The van der Waals surface area contributed by atoms with Gasteiger partial charge in [-0.05, 0) is 35.3 Å². The zero-order chi connectivity index (χ0) is 12.2. The molecule has 1 unspecified atom stereocenters. The van der Waals surface area contributed by atoms with Crippen molar-refractivity contribution in [2.75, 3.05) is 17.3 Å². The molecule has 0 fully saturated rings. The Kier molecular flexibility index (Phi) is 4.73. The van der Waals surface area contributed by atoms with Gasteiger partial charge in [-0.2, -0.15) is 0 Å². The number of pyridine rings is 1. The third kappa shape index (κ3) is 5.46. The molecule has 16 heavy (non-hydrogen) atoms. The highest BCUT2D eigenvalue weighted by Gasteiger charge is 2.07. The molecule has 0 saturated heterocycles. The number of aromatic nitrogens is 1. The number of anilines is 1. The number of rotatable bonds is 5. The van der Waals surface area contributed by atoms with Gasteiger partial charge in [-0.1, -0.05) is 0 Å². The lowest BCUT2D eigenvalue weighted by Gasteiger charge is -2.14. The van der Waals surface area contributed by atoms with E-state index in [1.54, 1.807) is 12.4 Å². The van der Waals surface area contributed by atoms with Crippen LogP contribution in [0.3, 0.4) is 0 Å². The fourth-order valence-electron chi connectivity index (χ4n) is 1.24. The van der Waals surface area contributed by atoms with E-state index in [0.29, 0.717) is 6.42 Å². The predicted molar refractivity (Wildman–Crippen MR) is 69.3 cm³/mol. The first-order chi connectivity index (χ1) is 7.37. The van der Waals surface area contributed by atoms with E-state index in [2.05, 4.69) is 26.2 Å². The van der Waals surface area contributed by atoms with Gasteiger partial charge in [-0.15, -0.1) is 0 Å². The van der Waals surface area contributed by atoms with Crippen LogP contribution in [0, 0.1) is 0 Å². The van der Waals surface area contributed by atoms with Crippen molar-refractivity contribution in [1.29, 1.82) is 0 Å². The quantitative estimate of drug-likeness (QED) is 0.905. The Bertz CT molecular complexity index is 448. The van der Waals surface area contributed by atoms with Crippen molar-refractivity contribution in [3.63, 3.8) is 0 Å². The first kappa shape index (κ1) is 13.4. The highest BCUT2D eigenvalue weighted by molar-refractivity contribution is 9.10. The third-order valence-corrected chi connectivity index (χ3v) is 3.45. The normalized spacial score (nSPS) is 13.4. The Morgan fingerprint density at radius 3 is 2.75 bits per heavy atom. The van der Waals surface area contributed by atoms with Gasteiger partial charge in [0.25, 0.3) is 0 Å². The molecule has 90 valence electrons. The average Bonchev–Trinajstić information content (AvgIpc) is 2.14. The number of hydrogen-bond donors (Lipinski definition) is 1. The fourth-order valence-corrected chi connectivity index (χ4v) is 2.38. The largest absolute Gasteiger partial charge is 0.381 e. The molecule has 0 spiro atoms. The van der Waals surface area contributed by atoms with Crippen LogP contribution in [0.1, 0.15) is 13.3 Å². The lowest BCUT2D eigenvalue weighted by atomic mass is 10.2. The van der Waals surface area contributed by atoms with Gasteiger partial charge < -0.3 is 5.32 Å². The van der Waals surface area contributed by atoms with Crippen LogP contribution in [-0.2, 0) is 9.84 Å². The van der Waals surface area contributed by atoms with Crippen molar-refractivity contribution in [3.05, 3.63) is 22.9 Å². The molecular weight excluding hydrogens is 292 g/mol. The second kappa shape index (κ2) is 5.63. The predicted octanol–water partition coefficient (Wildman–Crippen LogP) is 2.08. The van der Waals surface area contributed by atoms with Crippen LogP contribution in [-0.4, -0.2) is 31.5 Å². The Labute approximate surface area is 105 Å². The van der Waals surface area contributed by atoms with Crippen LogP contribution in [0.2, 0.25) is 0 Å². The van der Waals surface area contributed by atoms with Gasteiger partial charge in [0.2, 0.25) is 0 Å². The third-order valence-electron chi connectivity index (χ3n) is 2.04. The molecule has 4 nitrogen and oxygen atoms in total. The maximum absolute atomic E-state index is 11.0. The van der Waals surface area contributed by atoms with Gasteiger partial charge in [0, 0.05) is 23.0 Å². The summed E-state index contributed by atoms with van der Waals surface area (Å²) in [6.07, 6.45) is 5.25. The second-order valence-corrected chi connectivity index (χ2v) is 7.03. The summed E-state index contributed by atoms with van der Waals surface area (Å²) in [5.74, 6) is 0.197. The van der Waals surface area contributed by atoms with Crippen LogP contribution >= 0.6 is 15.9 Å². The van der Waals surface area contributed by atoms with Gasteiger partial charge in [0.05, 0.1) is 17.6 Å². The van der Waals surface area contributed by atoms with Crippen molar-refractivity contribution in [1.82, 2.24) is 4.98 Å². The van der Waals surface area contributed by atoms with Crippen LogP contribution in [0.25, 0.3) is 0 Å². The van der Waals surface area contributed by atoms with E-state index in [4.69, 9.17) is 0 Å². The van der Waals surface area contributed by atoms with E-state index in [1.165, 1.54) is 6.26 Å². The van der Waals surface area contributed by atoms with Crippen LogP contribution < -0.4 is 5.32 Å². The van der Waals surface area contributed by atoms with Gasteiger partial charge in [0.15, 0.2) is 0 Å². The number of halogens is 1. The molecular formula is C10H15BrN2O2S. The van der Waals surface area contributed by atoms with E-state index in [9.17, 15) is 8.42 Å².